The van der Waals surface area contributed by atoms with Gasteiger partial charge < -0.3 is 0 Å². The van der Waals surface area contributed by atoms with Gasteiger partial charge in [-0.25, -0.2) is 0 Å². The van der Waals surface area contributed by atoms with E-state index in [9.17, 15) is 0 Å². The molecular formula is C16H44Si5. The van der Waals surface area contributed by atoms with Crippen molar-refractivity contribution in [3.63, 3.8) is 0 Å². The molecule has 0 aliphatic heterocycles. The van der Waals surface area contributed by atoms with Crippen molar-refractivity contribution in [1.29, 1.82) is 0 Å². The zero-order valence-electron chi connectivity index (χ0n) is 15.8. The third kappa shape index (κ3) is 12.2. The highest BCUT2D eigenvalue weighted by Crippen LogP contribution is 2.34. The molecule has 0 aromatic heterocycles. The maximum Gasteiger partial charge on any atom is 0.0535 e. The van der Waals surface area contributed by atoms with Gasteiger partial charge in [-0.3, -0.25) is 0 Å². The highest BCUT2D eigenvalue weighted by molar-refractivity contribution is 6.79. The van der Waals surface area contributed by atoms with Gasteiger partial charge in [0.15, 0.2) is 0 Å². The molecule has 0 saturated heterocycles. The van der Waals surface area contributed by atoms with E-state index in [0.29, 0.717) is 0 Å². The van der Waals surface area contributed by atoms with Crippen LogP contribution >= 0.6 is 0 Å². The van der Waals surface area contributed by atoms with Gasteiger partial charge in [0, 0.05) is 41.0 Å². The summed E-state index contributed by atoms with van der Waals surface area (Å²) in [5.41, 5.74) is 0. The predicted octanol–water partition coefficient (Wildman–Crippen LogP) is 1.69. The van der Waals surface area contributed by atoms with Crippen LogP contribution < -0.4 is 0 Å². The fourth-order valence-corrected chi connectivity index (χ4v) is 11.2. The lowest BCUT2D eigenvalue weighted by Gasteiger charge is -2.33. The van der Waals surface area contributed by atoms with Gasteiger partial charge in [-0.15, -0.1) is 0 Å². The highest BCUT2D eigenvalue weighted by atomic mass is 28.3. The molecule has 128 valence electrons. The smallest absolute Gasteiger partial charge is 0.0535 e. The number of unbranched alkanes of at least 4 members (excludes halogenated alkanes) is 4. The Balaban J connectivity index is 4.52. The van der Waals surface area contributed by atoms with Gasteiger partial charge in [0.2, 0.25) is 0 Å². The summed E-state index contributed by atoms with van der Waals surface area (Å²) in [6.45, 7) is 0. The molecule has 0 bridgehead atoms. The zero-order valence-corrected chi connectivity index (χ0v) is 24.8. The Morgan fingerprint density at radius 3 is 0.810 bits per heavy atom. The number of rotatable bonds is 16. The lowest BCUT2D eigenvalue weighted by molar-refractivity contribution is 0.762. The van der Waals surface area contributed by atoms with Crippen molar-refractivity contribution in [3.05, 3.63) is 0 Å². The molecule has 0 aliphatic rings. The Morgan fingerprint density at radius 1 is 0.381 bits per heavy atom. The van der Waals surface area contributed by atoms with Crippen LogP contribution in [0, 0.1) is 0 Å². The summed E-state index contributed by atoms with van der Waals surface area (Å²) in [6, 6.07) is 13.0. The van der Waals surface area contributed by atoms with Crippen LogP contribution in [0.2, 0.25) is 48.4 Å². The molecule has 5 heteroatoms. The van der Waals surface area contributed by atoms with Crippen LogP contribution in [0.1, 0.15) is 51.4 Å². The standard InChI is InChI=1S/C16H44Si5/c17-9-1-5-13-21(14-6-2-10-18,15-7-3-11-19)16-8-4-12-20/h1-16H2,17-20H3. The highest BCUT2D eigenvalue weighted by Gasteiger charge is 2.30. The normalized spacial score (nSPS) is 14.9. The van der Waals surface area contributed by atoms with Crippen LogP contribution in [0.4, 0.5) is 0 Å². The van der Waals surface area contributed by atoms with Crippen LogP contribution in [-0.2, 0) is 0 Å². The van der Waals surface area contributed by atoms with E-state index in [-0.39, 0.29) is 0 Å². The summed E-state index contributed by atoms with van der Waals surface area (Å²) in [6.07, 6.45) is 12.6. The van der Waals surface area contributed by atoms with Crippen molar-refractivity contribution in [2.75, 3.05) is 0 Å². The Kier molecular flexibility index (Phi) is 16.8. The van der Waals surface area contributed by atoms with E-state index in [1.807, 2.05) is 0 Å². The van der Waals surface area contributed by atoms with Crippen molar-refractivity contribution in [1.82, 2.24) is 0 Å². The Bertz CT molecular complexity index is 165. The van der Waals surface area contributed by atoms with Crippen molar-refractivity contribution < 1.29 is 0 Å². The minimum atomic E-state index is -0.883. The summed E-state index contributed by atoms with van der Waals surface area (Å²) in [4.78, 5) is 0. The summed E-state index contributed by atoms with van der Waals surface area (Å²) in [7, 11) is 4.84. The minimum absolute atomic E-state index is 0.883. The third-order valence-corrected chi connectivity index (χ3v) is 13.7. The molecule has 0 rings (SSSR count). The topological polar surface area (TPSA) is 0 Å². The van der Waals surface area contributed by atoms with Gasteiger partial charge in [0.25, 0.3) is 0 Å². The fourth-order valence-electron chi connectivity index (χ4n) is 3.75. The van der Waals surface area contributed by atoms with Gasteiger partial charge in [0.1, 0.15) is 0 Å². The van der Waals surface area contributed by atoms with E-state index in [1.165, 1.54) is 41.0 Å². The maximum atomic E-state index is 1.71. The van der Waals surface area contributed by atoms with Crippen LogP contribution in [0.5, 0.6) is 0 Å². The zero-order chi connectivity index (χ0) is 15.8. The van der Waals surface area contributed by atoms with E-state index >= 15 is 0 Å². The van der Waals surface area contributed by atoms with Crippen LogP contribution in [0.3, 0.4) is 0 Å². The SMILES string of the molecule is [SiH3]CCCC[Si](CCCC[SiH3])(CCCC[SiH3])CCCC[SiH3]. The fraction of sp³-hybridized carbons (Fsp3) is 1.00. The predicted molar refractivity (Wildman–Crippen MR) is 121 cm³/mol. The van der Waals surface area contributed by atoms with Gasteiger partial charge in [-0.1, -0.05) is 99.7 Å². The summed E-state index contributed by atoms with van der Waals surface area (Å²) < 4.78 is 0. The first-order valence-corrected chi connectivity index (χ1v) is 18.7. The second-order valence-corrected chi connectivity index (χ2v) is 16.3. The van der Waals surface area contributed by atoms with Crippen molar-refractivity contribution in [3.8, 4) is 0 Å². The van der Waals surface area contributed by atoms with Gasteiger partial charge >= 0.3 is 0 Å². The van der Waals surface area contributed by atoms with E-state index in [0.717, 1.165) is 0 Å². The van der Waals surface area contributed by atoms with E-state index in [1.54, 1.807) is 99.7 Å². The first-order valence-electron chi connectivity index (χ1n) is 10.2. The monoisotopic (exact) mass is 376 g/mol. The van der Waals surface area contributed by atoms with Crippen molar-refractivity contribution in [2.24, 2.45) is 0 Å². The lowest BCUT2D eigenvalue weighted by Crippen LogP contribution is -2.33. The molecule has 0 heterocycles. The summed E-state index contributed by atoms with van der Waals surface area (Å²) >= 11 is 0. The minimum Gasteiger partial charge on any atom is -0.0659 e. The lowest BCUT2D eigenvalue weighted by atomic mass is 10.4. The number of hydrogen-bond donors (Lipinski definition) is 0. The quantitative estimate of drug-likeness (QED) is 0.284. The first-order chi connectivity index (χ1) is 10.2. The van der Waals surface area contributed by atoms with E-state index in [4.69, 9.17) is 0 Å². The second kappa shape index (κ2) is 16.0. The molecule has 0 atom stereocenters. The molecule has 21 heavy (non-hydrogen) atoms. The average molecular weight is 377 g/mol. The molecule has 0 fully saturated rings. The molecule has 0 saturated carbocycles. The molecule has 0 unspecified atom stereocenters. The first kappa shape index (κ1) is 22.1. The van der Waals surface area contributed by atoms with Gasteiger partial charge in [-0.05, 0) is 0 Å². The summed E-state index contributed by atoms with van der Waals surface area (Å²) in [5, 5.41) is 0. The summed E-state index contributed by atoms with van der Waals surface area (Å²) in [5.74, 6) is 0. The Morgan fingerprint density at radius 2 is 0.619 bits per heavy atom. The molecular weight excluding hydrogens is 333 g/mol. The largest absolute Gasteiger partial charge is 0.0659 e. The molecule has 0 aromatic rings. The van der Waals surface area contributed by atoms with Crippen LogP contribution in [0.15, 0.2) is 0 Å². The molecule has 0 N–H and O–H groups in total. The van der Waals surface area contributed by atoms with Crippen molar-refractivity contribution in [2.45, 2.75) is 99.7 Å². The second-order valence-electron chi connectivity index (χ2n) is 7.33. The van der Waals surface area contributed by atoms with Crippen LogP contribution in [0.25, 0.3) is 0 Å². The molecule has 0 spiro atoms. The molecule has 0 radical (unpaired) electrons. The molecule has 0 aliphatic carbocycles. The maximum absolute atomic E-state index is 1.71. The van der Waals surface area contributed by atoms with E-state index in [2.05, 4.69) is 0 Å². The van der Waals surface area contributed by atoms with E-state index < -0.39 is 8.07 Å². The Labute approximate surface area is 148 Å². The molecule has 0 nitrogen and oxygen atoms in total. The number of hydrogen-bond acceptors (Lipinski definition) is 0. The Hall–Kier alpha value is 1.08. The van der Waals surface area contributed by atoms with Crippen molar-refractivity contribution >= 4 is 49.0 Å². The third-order valence-electron chi connectivity index (χ3n) is 5.24. The van der Waals surface area contributed by atoms with Gasteiger partial charge in [0.05, 0.1) is 8.07 Å². The van der Waals surface area contributed by atoms with Gasteiger partial charge in [-0.2, -0.15) is 0 Å². The molecule has 0 aromatic carbocycles. The van der Waals surface area contributed by atoms with Crippen LogP contribution in [-0.4, -0.2) is 49.0 Å². The molecule has 0 amide bonds. The average Bonchev–Trinajstić information content (AvgIpc) is 2.48.